The van der Waals surface area contributed by atoms with E-state index in [1.165, 1.54) is 0 Å². The Kier molecular flexibility index (Phi) is 5.72. The number of rotatable bonds is 0. The Bertz CT molecular complexity index is 1930. The van der Waals surface area contributed by atoms with Crippen LogP contribution in [0.4, 0.5) is 0 Å². The molecule has 0 radical (unpaired) electrons. The summed E-state index contributed by atoms with van der Waals surface area (Å²) in [6.45, 7) is 17.2. The molecule has 4 aromatic rings. The number of fused-ring (bicyclic) bond motifs is 14. The van der Waals surface area contributed by atoms with E-state index in [2.05, 4.69) is 65.4 Å². The SMILES string of the molecule is CC1(C)c2nc(nc3[n-]c(nc4nc(nc5[n-]c(n2)C(C)(C)C5(C)C)-c2ccncc2-4)c2cnccc32)C1(C)C.[Ni+2]. The Morgan fingerprint density at radius 3 is 1.83 bits per heavy atom. The third-order valence-electron chi connectivity index (χ3n) is 9.66. The van der Waals surface area contributed by atoms with Crippen molar-refractivity contribution in [2.75, 3.05) is 0 Å². The summed E-state index contributed by atoms with van der Waals surface area (Å²) in [4.78, 5) is 48.6. The summed E-state index contributed by atoms with van der Waals surface area (Å²) in [6.07, 6.45) is 6.99. The Morgan fingerprint density at radius 1 is 0.512 bits per heavy atom. The second-order valence-electron chi connectivity index (χ2n) is 12.8. The zero-order valence-electron chi connectivity index (χ0n) is 24.3. The smallest absolute Gasteiger partial charge is 0.366 e. The summed E-state index contributed by atoms with van der Waals surface area (Å²) in [5, 5.41) is 1.64. The van der Waals surface area contributed by atoms with Gasteiger partial charge in [-0.2, -0.15) is 0 Å². The Morgan fingerprint density at radius 2 is 1.10 bits per heavy atom. The monoisotopic (exact) mass is 588 g/mol. The first kappa shape index (κ1) is 27.3. The van der Waals surface area contributed by atoms with E-state index < -0.39 is 21.7 Å². The van der Waals surface area contributed by atoms with Crippen molar-refractivity contribution in [3.05, 3.63) is 60.2 Å². The zero-order valence-corrected chi connectivity index (χ0v) is 25.2. The fraction of sp³-hybridized carbons (Fsp3) is 0.400. The van der Waals surface area contributed by atoms with Gasteiger partial charge in [0.2, 0.25) is 0 Å². The van der Waals surface area contributed by atoms with E-state index in [4.69, 9.17) is 39.9 Å². The Labute approximate surface area is 248 Å². The summed E-state index contributed by atoms with van der Waals surface area (Å²) in [6, 6.07) is 3.82. The molecule has 0 atom stereocenters. The third-order valence-corrected chi connectivity index (χ3v) is 9.66. The molecule has 210 valence electrons. The first-order valence-corrected chi connectivity index (χ1v) is 13.4. The molecule has 0 saturated heterocycles. The maximum absolute atomic E-state index is 5.14. The molecule has 7 heterocycles. The van der Waals surface area contributed by atoms with E-state index in [9.17, 15) is 0 Å². The molecule has 10 nitrogen and oxygen atoms in total. The van der Waals surface area contributed by atoms with Crippen LogP contribution in [0.1, 0.15) is 78.7 Å². The van der Waals surface area contributed by atoms with E-state index in [-0.39, 0.29) is 16.5 Å². The summed E-state index contributed by atoms with van der Waals surface area (Å²) in [5.74, 6) is 3.75. The van der Waals surface area contributed by atoms with Gasteiger partial charge in [-0.1, -0.05) is 55.4 Å². The van der Waals surface area contributed by atoms with Crippen molar-refractivity contribution in [3.8, 4) is 22.8 Å². The topological polar surface area (TPSA) is 131 Å². The van der Waals surface area contributed by atoms with Gasteiger partial charge in [-0.05, 0) is 29.2 Å². The minimum atomic E-state index is -0.422. The van der Waals surface area contributed by atoms with Gasteiger partial charge in [0.1, 0.15) is 0 Å². The number of pyridine rings is 2. The van der Waals surface area contributed by atoms with Gasteiger partial charge in [-0.15, -0.1) is 0 Å². The molecule has 0 aliphatic carbocycles. The van der Waals surface area contributed by atoms with Crippen LogP contribution >= 0.6 is 0 Å². The van der Waals surface area contributed by atoms with Gasteiger partial charge in [0.25, 0.3) is 0 Å². The maximum atomic E-state index is 5.14. The van der Waals surface area contributed by atoms with Crippen LogP contribution in [0.5, 0.6) is 0 Å². The van der Waals surface area contributed by atoms with Crippen LogP contribution in [0, 0.1) is 0 Å². The Balaban J connectivity index is 0.00000302. The summed E-state index contributed by atoms with van der Waals surface area (Å²) in [7, 11) is 0. The maximum Gasteiger partial charge on any atom is 2.00 e. The molecule has 8 bridgehead atoms. The van der Waals surface area contributed by atoms with Gasteiger partial charge in [0.15, 0.2) is 0 Å². The van der Waals surface area contributed by atoms with Crippen LogP contribution in [-0.2, 0) is 38.2 Å². The van der Waals surface area contributed by atoms with Crippen LogP contribution in [0.2, 0.25) is 0 Å². The molecule has 0 saturated carbocycles. The number of aromatic nitrogens is 10. The van der Waals surface area contributed by atoms with E-state index in [0.29, 0.717) is 46.2 Å². The molecular weight excluding hydrogens is 559 g/mol. The molecule has 0 aromatic carbocycles. The van der Waals surface area contributed by atoms with Gasteiger partial charge in [-0.25, -0.2) is 4.98 Å². The predicted octanol–water partition coefficient (Wildman–Crippen LogP) is 4.66. The fourth-order valence-corrected chi connectivity index (χ4v) is 5.26. The third kappa shape index (κ3) is 3.61. The van der Waals surface area contributed by atoms with Crippen molar-refractivity contribution < 1.29 is 16.5 Å². The summed E-state index contributed by atoms with van der Waals surface area (Å²) in [5.41, 5.74) is 0.999. The molecule has 4 aromatic heterocycles. The van der Waals surface area contributed by atoms with Crippen LogP contribution in [-0.4, -0.2) is 39.9 Å². The molecule has 3 aliphatic heterocycles. The molecular formula is C30H30N10Ni. The number of nitrogens with zero attached hydrogens (tertiary/aromatic N) is 10. The van der Waals surface area contributed by atoms with Gasteiger partial charge in [-0.3, -0.25) is 15.0 Å². The van der Waals surface area contributed by atoms with Gasteiger partial charge in [0.05, 0.1) is 23.3 Å². The van der Waals surface area contributed by atoms with Crippen molar-refractivity contribution in [1.29, 1.82) is 0 Å². The van der Waals surface area contributed by atoms with Crippen molar-refractivity contribution in [1.82, 2.24) is 49.8 Å². The van der Waals surface area contributed by atoms with E-state index >= 15 is 0 Å². The average Bonchev–Trinajstić information content (AvgIpc) is 3.52. The van der Waals surface area contributed by atoms with Gasteiger partial charge < -0.3 is 29.9 Å². The second kappa shape index (κ2) is 8.58. The van der Waals surface area contributed by atoms with Crippen LogP contribution in [0.15, 0.2) is 36.9 Å². The molecule has 0 spiro atoms. The van der Waals surface area contributed by atoms with Gasteiger partial charge in [0, 0.05) is 74.3 Å². The average molecular weight is 589 g/mol. The van der Waals surface area contributed by atoms with Crippen molar-refractivity contribution >= 4 is 22.1 Å². The molecule has 0 amide bonds. The van der Waals surface area contributed by atoms with E-state index in [0.717, 1.165) is 21.9 Å². The minimum absolute atomic E-state index is 0. The quantitative estimate of drug-likeness (QED) is 0.235. The van der Waals surface area contributed by atoms with Crippen molar-refractivity contribution in [2.45, 2.75) is 77.0 Å². The number of hydrogen-bond donors (Lipinski definition) is 0. The first-order valence-electron chi connectivity index (χ1n) is 13.4. The standard InChI is InChI=1S/C30H30N10.Ni/c1-27(2)23-36-19-15-9-11-31-13-17(15)21(33-19)35-22-18-14-32-12-10-16(18)20(34-22)37-24-28(3,4)30(7,8)26(39-24)40-25(38-23)29(27,5)6;/h9-14H,1-8H3;/q-2;+2. The molecule has 11 heteroatoms. The normalized spacial score (nSPS) is 18.3. The summed E-state index contributed by atoms with van der Waals surface area (Å²) >= 11 is 0. The fourth-order valence-electron chi connectivity index (χ4n) is 5.26. The van der Waals surface area contributed by atoms with Crippen LogP contribution in [0.25, 0.3) is 44.8 Å². The van der Waals surface area contributed by atoms with E-state index in [1.807, 2.05) is 12.1 Å². The molecule has 0 unspecified atom stereocenters. The largest absolute Gasteiger partial charge is 2.00 e. The molecule has 41 heavy (non-hydrogen) atoms. The Hall–Kier alpha value is -3.85. The molecule has 3 aliphatic rings. The zero-order chi connectivity index (χ0) is 28.2. The second-order valence-corrected chi connectivity index (χ2v) is 12.8. The minimum Gasteiger partial charge on any atom is -0.366 e. The summed E-state index contributed by atoms with van der Waals surface area (Å²) < 4.78 is 0. The van der Waals surface area contributed by atoms with E-state index in [1.54, 1.807) is 24.8 Å². The van der Waals surface area contributed by atoms with Gasteiger partial charge >= 0.3 is 16.5 Å². The molecule has 0 fully saturated rings. The van der Waals surface area contributed by atoms with Crippen molar-refractivity contribution in [3.63, 3.8) is 0 Å². The van der Waals surface area contributed by atoms with Crippen molar-refractivity contribution in [2.24, 2.45) is 0 Å². The first-order chi connectivity index (χ1) is 18.8. The van der Waals surface area contributed by atoms with Crippen LogP contribution in [0.3, 0.4) is 0 Å². The van der Waals surface area contributed by atoms with Crippen LogP contribution < -0.4 is 9.97 Å². The molecule has 0 N–H and O–H groups in total. The predicted molar refractivity (Wildman–Crippen MR) is 151 cm³/mol. The number of hydrogen-bond acceptors (Lipinski definition) is 8. The molecule has 7 rings (SSSR count).